The summed E-state index contributed by atoms with van der Waals surface area (Å²) in [5, 5.41) is 0. The standard InChI is InChI=1S/C16H13BrN2/c1-12-2-8-15(9-3-12)19-10-16(18-11-19)13-4-6-14(17)7-5-13/h2-11H,1H3. The van der Waals surface area contributed by atoms with Crippen molar-refractivity contribution in [2.75, 3.05) is 0 Å². The van der Waals surface area contributed by atoms with Crippen LogP contribution >= 0.6 is 15.9 Å². The predicted molar refractivity (Wildman–Crippen MR) is 81.4 cm³/mol. The van der Waals surface area contributed by atoms with Crippen molar-refractivity contribution >= 4 is 15.9 Å². The first kappa shape index (κ1) is 12.2. The third-order valence-corrected chi connectivity index (χ3v) is 3.58. The zero-order chi connectivity index (χ0) is 13.2. The van der Waals surface area contributed by atoms with Crippen molar-refractivity contribution in [3.8, 4) is 16.9 Å². The first-order valence-electron chi connectivity index (χ1n) is 6.09. The molecule has 0 saturated carbocycles. The SMILES string of the molecule is Cc1ccc(-n2cnc(-c3ccc(Br)cc3)c2)cc1. The number of imidazole rings is 1. The first-order chi connectivity index (χ1) is 9.22. The molecule has 0 bridgehead atoms. The zero-order valence-corrected chi connectivity index (χ0v) is 12.1. The second-order valence-corrected chi connectivity index (χ2v) is 5.42. The molecular formula is C16H13BrN2. The van der Waals surface area contributed by atoms with Crippen LogP contribution in [0.2, 0.25) is 0 Å². The summed E-state index contributed by atoms with van der Waals surface area (Å²) in [6, 6.07) is 16.6. The fraction of sp³-hybridized carbons (Fsp3) is 0.0625. The average molecular weight is 313 g/mol. The van der Waals surface area contributed by atoms with Crippen LogP contribution in [0.25, 0.3) is 16.9 Å². The lowest BCUT2D eigenvalue weighted by molar-refractivity contribution is 1.06. The minimum Gasteiger partial charge on any atom is -0.306 e. The molecule has 0 saturated heterocycles. The summed E-state index contributed by atoms with van der Waals surface area (Å²) in [7, 11) is 0. The summed E-state index contributed by atoms with van der Waals surface area (Å²) in [5.74, 6) is 0. The van der Waals surface area contributed by atoms with E-state index in [9.17, 15) is 0 Å². The average Bonchev–Trinajstić information content (AvgIpc) is 2.90. The molecule has 2 nitrogen and oxygen atoms in total. The van der Waals surface area contributed by atoms with Gasteiger partial charge in [-0.25, -0.2) is 4.98 Å². The van der Waals surface area contributed by atoms with Gasteiger partial charge in [-0.3, -0.25) is 0 Å². The Morgan fingerprint density at radius 1 is 0.947 bits per heavy atom. The zero-order valence-electron chi connectivity index (χ0n) is 10.5. The Labute approximate surface area is 120 Å². The van der Waals surface area contributed by atoms with E-state index >= 15 is 0 Å². The highest BCUT2D eigenvalue weighted by Gasteiger charge is 2.03. The molecule has 0 spiro atoms. The van der Waals surface area contributed by atoms with E-state index in [1.807, 2.05) is 29.2 Å². The van der Waals surface area contributed by atoms with Crippen LogP contribution in [0, 0.1) is 6.92 Å². The van der Waals surface area contributed by atoms with E-state index < -0.39 is 0 Å². The monoisotopic (exact) mass is 312 g/mol. The van der Waals surface area contributed by atoms with Crippen LogP contribution in [0.5, 0.6) is 0 Å². The summed E-state index contributed by atoms with van der Waals surface area (Å²) in [6.45, 7) is 2.09. The Kier molecular flexibility index (Phi) is 3.22. The van der Waals surface area contributed by atoms with Crippen molar-refractivity contribution in [2.45, 2.75) is 6.92 Å². The minimum absolute atomic E-state index is 0.980. The molecule has 94 valence electrons. The van der Waals surface area contributed by atoms with Crippen molar-refractivity contribution < 1.29 is 0 Å². The van der Waals surface area contributed by atoms with Crippen LogP contribution in [-0.4, -0.2) is 9.55 Å². The third-order valence-electron chi connectivity index (χ3n) is 3.05. The molecule has 2 aromatic carbocycles. The summed E-state index contributed by atoms with van der Waals surface area (Å²) >= 11 is 3.44. The van der Waals surface area contributed by atoms with Gasteiger partial charge in [0.2, 0.25) is 0 Å². The number of rotatable bonds is 2. The number of hydrogen-bond donors (Lipinski definition) is 0. The van der Waals surface area contributed by atoms with Gasteiger partial charge in [-0.05, 0) is 31.2 Å². The molecule has 3 heteroatoms. The van der Waals surface area contributed by atoms with E-state index in [1.54, 1.807) is 0 Å². The maximum absolute atomic E-state index is 4.46. The van der Waals surface area contributed by atoms with Gasteiger partial charge in [0.25, 0.3) is 0 Å². The van der Waals surface area contributed by atoms with E-state index in [1.165, 1.54) is 5.56 Å². The smallest absolute Gasteiger partial charge is 0.0999 e. The number of aryl methyl sites for hydroxylation is 1. The molecule has 1 heterocycles. The molecule has 3 aromatic rings. The summed E-state index contributed by atoms with van der Waals surface area (Å²) in [6.07, 6.45) is 3.90. The Morgan fingerprint density at radius 2 is 1.63 bits per heavy atom. The van der Waals surface area contributed by atoms with Gasteiger partial charge in [0, 0.05) is 21.9 Å². The Hall–Kier alpha value is -1.87. The van der Waals surface area contributed by atoms with Crippen LogP contribution in [-0.2, 0) is 0 Å². The van der Waals surface area contributed by atoms with Crippen LogP contribution < -0.4 is 0 Å². The molecule has 0 unspecified atom stereocenters. The number of benzene rings is 2. The summed E-state index contributed by atoms with van der Waals surface area (Å²) in [4.78, 5) is 4.46. The van der Waals surface area contributed by atoms with Crippen LogP contribution in [0.4, 0.5) is 0 Å². The van der Waals surface area contributed by atoms with Crippen molar-refractivity contribution in [3.05, 3.63) is 71.1 Å². The first-order valence-corrected chi connectivity index (χ1v) is 6.89. The van der Waals surface area contributed by atoms with E-state index in [2.05, 4.69) is 64.2 Å². The minimum atomic E-state index is 0.980. The van der Waals surface area contributed by atoms with Gasteiger partial charge in [-0.1, -0.05) is 45.8 Å². The topological polar surface area (TPSA) is 17.8 Å². The van der Waals surface area contributed by atoms with Gasteiger partial charge >= 0.3 is 0 Å². The summed E-state index contributed by atoms with van der Waals surface area (Å²) < 4.78 is 3.12. The third kappa shape index (κ3) is 2.61. The van der Waals surface area contributed by atoms with Gasteiger partial charge in [-0.2, -0.15) is 0 Å². The van der Waals surface area contributed by atoms with Gasteiger partial charge < -0.3 is 4.57 Å². The van der Waals surface area contributed by atoms with E-state index in [0.717, 1.165) is 21.4 Å². The molecule has 0 aliphatic rings. The lowest BCUT2D eigenvalue weighted by Gasteiger charge is -2.01. The van der Waals surface area contributed by atoms with Crippen molar-refractivity contribution in [3.63, 3.8) is 0 Å². The number of hydrogen-bond acceptors (Lipinski definition) is 1. The second-order valence-electron chi connectivity index (χ2n) is 4.51. The van der Waals surface area contributed by atoms with E-state index in [4.69, 9.17) is 0 Å². The number of aromatic nitrogens is 2. The van der Waals surface area contributed by atoms with E-state index in [0.29, 0.717) is 0 Å². The number of halogens is 1. The van der Waals surface area contributed by atoms with Gasteiger partial charge in [0.15, 0.2) is 0 Å². The Balaban J connectivity index is 1.95. The Morgan fingerprint density at radius 3 is 2.32 bits per heavy atom. The highest BCUT2D eigenvalue weighted by molar-refractivity contribution is 9.10. The van der Waals surface area contributed by atoms with Gasteiger partial charge in [-0.15, -0.1) is 0 Å². The molecule has 0 atom stereocenters. The Bertz CT molecular complexity index is 622. The van der Waals surface area contributed by atoms with Crippen molar-refractivity contribution in [2.24, 2.45) is 0 Å². The molecule has 3 rings (SSSR count). The molecule has 0 aliphatic carbocycles. The largest absolute Gasteiger partial charge is 0.306 e. The van der Waals surface area contributed by atoms with Gasteiger partial charge in [0.1, 0.15) is 0 Å². The maximum Gasteiger partial charge on any atom is 0.0999 e. The normalized spacial score (nSPS) is 10.6. The maximum atomic E-state index is 4.46. The molecule has 0 amide bonds. The second kappa shape index (κ2) is 5.02. The van der Waals surface area contributed by atoms with Crippen LogP contribution in [0.1, 0.15) is 5.56 Å². The molecule has 0 N–H and O–H groups in total. The quantitative estimate of drug-likeness (QED) is 0.675. The molecule has 19 heavy (non-hydrogen) atoms. The number of nitrogens with zero attached hydrogens (tertiary/aromatic N) is 2. The van der Waals surface area contributed by atoms with Crippen LogP contribution in [0.15, 0.2) is 65.5 Å². The fourth-order valence-electron chi connectivity index (χ4n) is 1.95. The fourth-order valence-corrected chi connectivity index (χ4v) is 2.21. The molecule has 0 aliphatic heterocycles. The lowest BCUT2D eigenvalue weighted by atomic mass is 10.2. The van der Waals surface area contributed by atoms with Crippen molar-refractivity contribution in [1.82, 2.24) is 9.55 Å². The predicted octanol–water partition coefficient (Wildman–Crippen LogP) is 4.61. The molecule has 1 aromatic heterocycles. The van der Waals surface area contributed by atoms with Gasteiger partial charge in [0.05, 0.1) is 12.0 Å². The van der Waals surface area contributed by atoms with E-state index in [-0.39, 0.29) is 0 Å². The summed E-state index contributed by atoms with van der Waals surface area (Å²) in [5.41, 5.74) is 4.49. The molecule has 0 fully saturated rings. The molecular weight excluding hydrogens is 300 g/mol. The lowest BCUT2D eigenvalue weighted by Crippen LogP contribution is -1.88. The molecule has 0 radical (unpaired) electrons. The van der Waals surface area contributed by atoms with Crippen molar-refractivity contribution in [1.29, 1.82) is 0 Å². The highest BCUT2D eigenvalue weighted by atomic mass is 79.9. The highest BCUT2D eigenvalue weighted by Crippen LogP contribution is 2.21. The van der Waals surface area contributed by atoms with Crippen LogP contribution in [0.3, 0.4) is 0 Å².